The molecule has 0 aliphatic heterocycles. The van der Waals surface area contributed by atoms with Crippen LogP contribution in [-0.2, 0) is 11.5 Å². The summed E-state index contributed by atoms with van der Waals surface area (Å²) in [5.74, 6) is -1.71. The van der Waals surface area contributed by atoms with Crippen LogP contribution in [0.4, 0.5) is 10.1 Å². The number of aryl methyl sites for hydroxylation is 1. The molecule has 0 fully saturated rings. The van der Waals surface area contributed by atoms with Crippen LogP contribution < -0.4 is 5.32 Å². The van der Waals surface area contributed by atoms with E-state index in [1.807, 2.05) is 22.8 Å². The smallest absolute Gasteiger partial charge is 0.355 e. The highest BCUT2D eigenvalue weighted by Gasteiger charge is 2.27. The minimum Gasteiger partial charge on any atom is -0.476 e. The number of benzene rings is 2. The average Bonchev–Trinajstić information content (AvgIpc) is 3.38. The molecule has 0 bridgehead atoms. The number of imidazole rings is 1. The van der Waals surface area contributed by atoms with E-state index in [1.165, 1.54) is 17.4 Å². The van der Waals surface area contributed by atoms with Gasteiger partial charge in [-0.3, -0.25) is 0 Å². The summed E-state index contributed by atoms with van der Waals surface area (Å²) in [6, 6.07) is 10.3. The largest absolute Gasteiger partial charge is 0.476 e. The monoisotopic (exact) mass is 546 g/mol. The number of carbonyl (C=O) groups is 1. The van der Waals surface area contributed by atoms with E-state index in [-0.39, 0.29) is 16.3 Å². The van der Waals surface area contributed by atoms with Crippen LogP contribution in [0.5, 0.6) is 0 Å². The maximum Gasteiger partial charge on any atom is 0.355 e. The molecule has 2 aromatic carbocycles. The third-order valence-electron chi connectivity index (χ3n) is 5.66. The van der Waals surface area contributed by atoms with Gasteiger partial charge in [-0.1, -0.05) is 37.3 Å². The van der Waals surface area contributed by atoms with Crippen LogP contribution in [0, 0.1) is 12.7 Å². The van der Waals surface area contributed by atoms with E-state index >= 15 is 0 Å². The Balaban J connectivity index is 1.63. The highest BCUT2D eigenvalue weighted by Crippen LogP contribution is 2.36. The average molecular weight is 547 g/mol. The molecule has 11 heteroatoms. The molecule has 0 spiro atoms. The molecule has 0 saturated heterocycles. The summed E-state index contributed by atoms with van der Waals surface area (Å²) in [6.07, 6.45) is 1.73. The molecule has 1 unspecified atom stereocenters. The molecule has 4 rings (SSSR count). The molecule has 2 heterocycles. The fraction of sp³-hybridized carbons (Fsp3) is 0.320. The van der Waals surface area contributed by atoms with Crippen LogP contribution in [0.15, 0.2) is 42.7 Å². The topological polar surface area (TPSA) is 89.3 Å². The number of anilines is 1. The predicted molar refractivity (Wildman–Crippen MR) is 145 cm³/mol. The van der Waals surface area contributed by atoms with Crippen molar-refractivity contribution >= 4 is 53.7 Å². The molecule has 2 N–H and O–H groups in total. The molecule has 4 aromatic rings. The van der Waals surface area contributed by atoms with Crippen molar-refractivity contribution in [2.24, 2.45) is 0 Å². The van der Waals surface area contributed by atoms with Crippen LogP contribution in [0.2, 0.25) is 30.7 Å². The Hall–Kier alpha value is -2.79. The summed E-state index contributed by atoms with van der Waals surface area (Å²) in [5.41, 5.74) is 2.47. The van der Waals surface area contributed by atoms with E-state index in [2.05, 4.69) is 34.9 Å². The van der Waals surface area contributed by atoms with Crippen molar-refractivity contribution in [3.05, 3.63) is 74.7 Å². The first kappa shape index (κ1) is 26.3. The van der Waals surface area contributed by atoms with Gasteiger partial charge in [-0.15, -0.1) is 11.3 Å². The van der Waals surface area contributed by atoms with E-state index in [1.54, 1.807) is 25.4 Å². The first-order valence-electron chi connectivity index (χ1n) is 11.5. The lowest BCUT2D eigenvalue weighted by Crippen LogP contribution is -2.21. The highest BCUT2D eigenvalue weighted by atomic mass is 35.5. The number of nitrogens with zero attached hydrogens (tertiary/aromatic N) is 3. The number of halogens is 2. The van der Waals surface area contributed by atoms with E-state index in [0.717, 1.165) is 17.1 Å². The molecule has 1 atom stereocenters. The van der Waals surface area contributed by atoms with Gasteiger partial charge in [0.1, 0.15) is 12.5 Å². The molecule has 0 saturated carbocycles. The van der Waals surface area contributed by atoms with Crippen molar-refractivity contribution in [3.8, 4) is 0 Å². The summed E-state index contributed by atoms with van der Waals surface area (Å²) in [7, 11) is -1.16. The Bertz CT molecular complexity index is 1400. The van der Waals surface area contributed by atoms with Crippen molar-refractivity contribution in [1.82, 2.24) is 14.5 Å². The number of nitrogens with one attached hydrogen (secondary N) is 1. The number of fused-ring (bicyclic) bond motifs is 1. The third-order valence-corrected chi connectivity index (χ3v) is 8.63. The fourth-order valence-corrected chi connectivity index (χ4v) is 5.68. The van der Waals surface area contributed by atoms with Gasteiger partial charge in [0.05, 0.1) is 33.3 Å². The molecule has 190 valence electrons. The SMILES string of the molecule is Cc1nc(C(=O)O)c(C(Nc2ccc3c(c2)ncn3COCC[Si](C)(C)C)c2ccc(Cl)cc2F)s1. The first-order valence-corrected chi connectivity index (χ1v) is 16.4. The van der Waals surface area contributed by atoms with Crippen LogP contribution in [0.1, 0.15) is 32.0 Å². The zero-order valence-electron chi connectivity index (χ0n) is 20.5. The number of rotatable bonds is 10. The minimum absolute atomic E-state index is 0.106. The number of thiazole rings is 1. The number of aromatic carboxylic acids is 1. The van der Waals surface area contributed by atoms with Crippen LogP contribution in [0.25, 0.3) is 11.0 Å². The second-order valence-electron chi connectivity index (χ2n) is 9.76. The summed E-state index contributed by atoms with van der Waals surface area (Å²) < 4.78 is 22.8. The Morgan fingerprint density at radius 3 is 2.75 bits per heavy atom. The van der Waals surface area contributed by atoms with E-state index < -0.39 is 25.9 Å². The van der Waals surface area contributed by atoms with Gasteiger partial charge in [0.15, 0.2) is 5.69 Å². The fourth-order valence-electron chi connectivity index (χ4n) is 3.78. The van der Waals surface area contributed by atoms with Crippen molar-refractivity contribution in [2.75, 3.05) is 11.9 Å². The lowest BCUT2D eigenvalue weighted by Gasteiger charge is -2.21. The number of hydrogen-bond acceptors (Lipinski definition) is 6. The van der Waals surface area contributed by atoms with Crippen molar-refractivity contribution in [2.45, 2.75) is 45.4 Å². The van der Waals surface area contributed by atoms with E-state index in [0.29, 0.717) is 28.9 Å². The predicted octanol–water partition coefficient (Wildman–Crippen LogP) is 6.81. The molecule has 0 aliphatic carbocycles. The van der Waals surface area contributed by atoms with Gasteiger partial charge < -0.3 is 19.7 Å². The first-order chi connectivity index (χ1) is 17.0. The summed E-state index contributed by atoms with van der Waals surface area (Å²) >= 11 is 7.18. The second-order valence-corrected chi connectivity index (χ2v) is 17.1. The lowest BCUT2D eigenvalue weighted by atomic mass is 10.0. The molecule has 2 aromatic heterocycles. The molecule has 0 amide bonds. The van der Waals surface area contributed by atoms with Crippen molar-refractivity contribution < 1.29 is 19.0 Å². The summed E-state index contributed by atoms with van der Waals surface area (Å²) in [4.78, 5) is 20.9. The Labute approximate surface area is 218 Å². The molecule has 0 aliphatic rings. The molecule has 0 radical (unpaired) electrons. The second kappa shape index (κ2) is 10.7. The van der Waals surface area contributed by atoms with Gasteiger partial charge in [0, 0.05) is 31.0 Å². The van der Waals surface area contributed by atoms with Gasteiger partial charge in [-0.2, -0.15) is 0 Å². The molecular formula is C25H28ClFN4O3SSi. The van der Waals surface area contributed by atoms with Gasteiger partial charge in [0.2, 0.25) is 0 Å². The number of carboxylic acid groups (broad SMARTS) is 1. The summed E-state index contributed by atoms with van der Waals surface area (Å²) in [6.45, 7) is 9.79. The van der Waals surface area contributed by atoms with Crippen LogP contribution in [0.3, 0.4) is 0 Å². The Kier molecular flexibility index (Phi) is 7.79. The maximum atomic E-state index is 15.0. The molecule has 7 nitrogen and oxygen atoms in total. The standard InChI is InChI=1S/C25H28ClFN4O3SSi/c1-15-29-23(25(32)33)24(35-15)22(18-7-5-16(26)11-19(18)27)30-17-6-8-21-20(12-17)28-13-31(21)14-34-9-10-36(2,3)4/h5-8,11-13,22,30H,9-10,14H2,1-4H3,(H,32,33). The summed E-state index contributed by atoms with van der Waals surface area (Å²) in [5, 5.41) is 13.8. The third kappa shape index (κ3) is 6.12. The maximum absolute atomic E-state index is 15.0. The minimum atomic E-state index is -1.17. The van der Waals surface area contributed by atoms with Gasteiger partial charge in [0.25, 0.3) is 0 Å². The number of aromatic nitrogens is 3. The van der Waals surface area contributed by atoms with Crippen LogP contribution in [-0.4, -0.2) is 40.3 Å². The van der Waals surface area contributed by atoms with Gasteiger partial charge in [-0.05, 0) is 43.3 Å². The number of ether oxygens (including phenoxy) is 1. The van der Waals surface area contributed by atoms with Crippen molar-refractivity contribution in [1.29, 1.82) is 0 Å². The van der Waals surface area contributed by atoms with Gasteiger partial charge >= 0.3 is 5.97 Å². The normalized spacial score (nSPS) is 12.7. The zero-order chi connectivity index (χ0) is 26.0. The highest BCUT2D eigenvalue weighted by molar-refractivity contribution is 7.12. The Morgan fingerprint density at radius 2 is 2.06 bits per heavy atom. The quantitative estimate of drug-likeness (QED) is 0.168. The molecule has 36 heavy (non-hydrogen) atoms. The van der Waals surface area contributed by atoms with E-state index in [4.69, 9.17) is 16.3 Å². The lowest BCUT2D eigenvalue weighted by molar-refractivity contribution is 0.0689. The molecular weight excluding hydrogens is 519 g/mol. The zero-order valence-corrected chi connectivity index (χ0v) is 23.1. The van der Waals surface area contributed by atoms with E-state index in [9.17, 15) is 14.3 Å². The number of hydrogen-bond donors (Lipinski definition) is 2. The number of carboxylic acids is 1. The van der Waals surface area contributed by atoms with Crippen LogP contribution >= 0.6 is 22.9 Å². The Morgan fingerprint density at radius 1 is 1.28 bits per heavy atom. The van der Waals surface area contributed by atoms with Gasteiger partial charge in [-0.25, -0.2) is 19.2 Å². The van der Waals surface area contributed by atoms with Crippen molar-refractivity contribution in [3.63, 3.8) is 0 Å².